The molecule has 7 nitrogen and oxygen atoms in total. The first-order chi connectivity index (χ1) is 17.0. The van der Waals surface area contributed by atoms with E-state index in [4.69, 9.17) is 16.3 Å². The maximum absolute atomic E-state index is 13.6. The van der Waals surface area contributed by atoms with Gasteiger partial charge in [0.05, 0.1) is 5.57 Å². The second-order valence-corrected chi connectivity index (χ2v) is 8.80. The monoisotopic (exact) mass is 485 g/mol. The number of nitrogens with one attached hydrogen (secondary N) is 2. The molecule has 4 aromatic rings. The number of fused-ring (bicyclic) bond motifs is 1. The third-order valence-corrected chi connectivity index (χ3v) is 6.12. The normalized spacial score (nSPS) is 14.8. The van der Waals surface area contributed by atoms with Gasteiger partial charge in [-0.25, -0.2) is 4.68 Å². The van der Waals surface area contributed by atoms with E-state index in [1.54, 1.807) is 28.9 Å². The number of rotatable bonds is 6. The molecule has 3 aromatic carbocycles. The quantitative estimate of drug-likeness (QED) is 0.363. The molecule has 0 saturated carbocycles. The summed E-state index contributed by atoms with van der Waals surface area (Å²) in [5.74, 6) is 0.978. The number of hydrogen-bond acceptors (Lipinski definition) is 5. The highest BCUT2D eigenvalue weighted by atomic mass is 35.5. The van der Waals surface area contributed by atoms with Crippen LogP contribution in [-0.2, 0) is 11.4 Å². The van der Waals surface area contributed by atoms with Crippen molar-refractivity contribution in [1.29, 1.82) is 0 Å². The Morgan fingerprint density at radius 3 is 2.57 bits per heavy atom. The molecule has 176 valence electrons. The number of hydrogen-bond donors (Lipinski definition) is 2. The van der Waals surface area contributed by atoms with E-state index in [0.717, 1.165) is 11.1 Å². The minimum atomic E-state index is -0.532. The SMILES string of the molecule is CC1=C(C(=O)Nc2ccc(Cl)cc2)[C@@H](c2ccccc2OCc2ccc(C)cc2)n2ncnc2N1. The van der Waals surface area contributed by atoms with Crippen molar-refractivity contribution in [3.63, 3.8) is 0 Å². The molecule has 1 aliphatic rings. The minimum Gasteiger partial charge on any atom is -0.489 e. The molecule has 1 atom stereocenters. The number of aryl methyl sites for hydroxylation is 1. The fourth-order valence-corrected chi connectivity index (χ4v) is 4.21. The van der Waals surface area contributed by atoms with Gasteiger partial charge in [-0.15, -0.1) is 0 Å². The predicted molar refractivity (Wildman–Crippen MR) is 137 cm³/mol. The van der Waals surface area contributed by atoms with Crippen LogP contribution in [0.2, 0.25) is 5.02 Å². The average molecular weight is 486 g/mol. The number of nitrogens with zero attached hydrogens (tertiary/aromatic N) is 3. The maximum Gasteiger partial charge on any atom is 0.255 e. The van der Waals surface area contributed by atoms with Crippen LogP contribution in [0.1, 0.15) is 29.7 Å². The van der Waals surface area contributed by atoms with Gasteiger partial charge in [-0.3, -0.25) is 4.79 Å². The summed E-state index contributed by atoms with van der Waals surface area (Å²) in [6, 6.07) is 22.4. The zero-order valence-electron chi connectivity index (χ0n) is 19.3. The summed E-state index contributed by atoms with van der Waals surface area (Å²) < 4.78 is 7.96. The summed E-state index contributed by atoms with van der Waals surface area (Å²) in [5.41, 5.74) is 4.92. The third-order valence-electron chi connectivity index (χ3n) is 5.87. The molecule has 35 heavy (non-hydrogen) atoms. The Morgan fingerprint density at radius 2 is 1.80 bits per heavy atom. The molecule has 0 radical (unpaired) electrons. The van der Waals surface area contributed by atoms with E-state index in [2.05, 4.69) is 39.8 Å². The fraction of sp³-hybridized carbons (Fsp3) is 0.148. The molecule has 1 amide bonds. The van der Waals surface area contributed by atoms with E-state index in [1.165, 1.54) is 11.9 Å². The van der Waals surface area contributed by atoms with Crippen LogP contribution in [0.5, 0.6) is 5.75 Å². The average Bonchev–Trinajstić information content (AvgIpc) is 3.32. The molecule has 1 aromatic heterocycles. The van der Waals surface area contributed by atoms with Gasteiger partial charge < -0.3 is 15.4 Å². The molecule has 2 heterocycles. The Bertz CT molecular complexity index is 1390. The molecule has 5 rings (SSSR count). The van der Waals surface area contributed by atoms with Crippen LogP contribution in [0, 0.1) is 6.92 Å². The Hall–Kier alpha value is -4.10. The van der Waals surface area contributed by atoms with Crippen molar-refractivity contribution >= 4 is 29.1 Å². The van der Waals surface area contributed by atoms with Crippen LogP contribution < -0.4 is 15.4 Å². The van der Waals surface area contributed by atoms with Gasteiger partial charge in [0.2, 0.25) is 5.95 Å². The molecule has 0 saturated heterocycles. The molecular weight excluding hydrogens is 462 g/mol. The Kier molecular flexibility index (Phi) is 6.25. The molecule has 0 bridgehead atoms. The van der Waals surface area contributed by atoms with Crippen LogP contribution in [0.4, 0.5) is 11.6 Å². The van der Waals surface area contributed by atoms with Gasteiger partial charge in [0.25, 0.3) is 5.91 Å². The van der Waals surface area contributed by atoms with Crippen molar-refractivity contribution in [1.82, 2.24) is 14.8 Å². The number of carbonyl (C=O) groups is 1. The van der Waals surface area contributed by atoms with Gasteiger partial charge >= 0.3 is 0 Å². The highest BCUT2D eigenvalue weighted by Gasteiger charge is 2.35. The Balaban J connectivity index is 1.50. The lowest BCUT2D eigenvalue weighted by atomic mass is 9.94. The Labute approximate surface area is 208 Å². The lowest BCUT2D eigenvalue weighted by Crippen LogP contribution is -2.31. The van der Waals surface area contributed by atoms with Crippen LogP contribution in [-0.4, -0.2) is 20.7 Å². The minimum absolute atomic E-state index is 0.253. The van der Waals surface area contributed by atoms with E-state index in [0.29, 0.717) is 40.3 Å². The second-order valence-electron chi connectivity index (χ2n) is 8.37. The summed E-state index contributed by atoms with van der Waals surface area (Å²) in [5, 5.41) is 11.2. The Morgan fingerprint density at radius 1 is 1.06 bits per heavy atom. The number of amides is 1. The molecule has 1 aliphatic heterocycles. The second kappa shape index (κ2) is 9.64. The summed E-state index contributed by atoms with van der Waals surface area (Å²) in [6.45, 7) is 4.32. The first kappa shape index (κ1) is 22.7. The molecule has 0 spiro atoms. The topological polar surface area (TPSA) is 81.1 Å². The molecular formula is C27H24ClN5O2. The molecule has 0 unspecified atom stereocenters. The summed E-state index contributed by atoms with van der Waals surface area (Å²) in [7, 11) is 0. The van der Waals surface area contributed by atoms with E-state index in [-0.39, 0.29) is 5.91 Å². The van der Waals surface area contributed by atoms with Crippen molar-refractivity contribution in [3.8, 4) is 5.75 Å². The van der Waals surface area contributed by atoms with Gasteiger partial charge in [0.1, 0.15) is 24.7 Å². The van der Waals surface area contributed by atoms with E-state index in [1.807, 2.05) is 43.3 Å². The summed E-state index contributed by atoms with van der Waals surface area (Å²) >= 11 is 6.00. The lowest BCUT2D eigenvalue weighted by Gasteiger charge is -2.29. The first-order valence-corrected chi connectivity index (χ1v) is 11.6. The number of para-hydroxylation sites is 1. The van der Waals surface area contributed by atoms with Crippen molar-refractivity contribution in [2.75, 3.05) is 10.6 Å². The van der Waals surface area contributed by atoms with Crippen LogP contribution in [0.3, 0.4) is 0 Å². The van der Waals surface area contributed by atoms with Gasteiger partial charge in [-0.1, -0.05) is 59.6 Å². The van der Waals surface area contributed by atoms with Gasteiger partial charge in [-0.05, 0) is 49.7 Å². The van der Waals surface area contributed by atoms with E-state index in [9.17, 15) is 4.79 Å². The fourth-order valence-electron chi connectivity index (χ4n) is 4.09. The van der Waals surface area contributed by atoms with Crippen molar-refractivity contribution in [3.05, 3.63) is 112 Å². The zero-order valence-corrected chi connectivity index (χ0v) is 20.1. The highest BCUT2D eigenvalue weighted by Crippen LogP contribution is 2.39. The van der Waals surface area contributed by atoms with Gasteiger partial charge in [0, 0.05) is 22.0 Å². The standard InChI is InChI=1S/C27H24ClN5O2/c1-17-7-9-19(10-8-17)15-35-23-6-4-3-5-22(23)25-24(18(2)31-27-29-16-30-33(25)27)26(34)32-21-13-11-20(28)12-14-21/h3-14,16,25H,15H2,1-2H3,(H,32,34)(H,29,30,31)/t25-/m1/s1. The number of anilines is 2. The smallest absolute Gasteiger partial charge is 0.255 e. The molecule has 2 N–H and O–H groups in total. The number of aromatic nitrogens is 3. The van der Waals surface area contributed by atoms with Crippen molar-refractivity contribution in [2.24, 2.45) is 0 Å². The largest absolute Gasteiger partial charge is 0.489 e. The lowest BCUT2D eigenvalue weighted by molar-refractivity contribution is -0.113. The van der Waals surface area contributed by atoms with Crippen LogP contribution in [0.15, 0.2) is 90.4 Å². The summed E-state index contributed by atoms with van der Waals surface area (Å²) in [6.07, 6.45) is 1.47. The predicted octanol–water partition coefficient (Wildman–Crippen LogP) is 5.75. The van der Waals surface area contributed by atoms with E-state index < -0.39 is 6.04 Å². The van der Waals surface area contributed by atoms with Gasteiger partial charge in [-0.2, -0.15) is 10.1 Å². The zero-order chi connectivity index (χ0) is 24.4. The number of allylic oxidation sites excluding steroid dienone is 1. The summed E-state index contributed by atoms with van der Waals surface area (Å²) in [4.78, 5) is 17.9. The first-order valence-electron chi connectivity index (χ1n) is 11.2. The van der Waals surface area contributed by atoms with Crippen LogP contribution >= 0.6 is 11.6 Å². The van der Waals surface area contributed by atoms with Gasteiger partial charge in [0.15, 0.2) is 0 Å². The molecule has 8 heteroatoms. The maximum atomic E-state index is 13.6. The number of carbonyl (C=O) groups excluding carboxylic acids is 1. The van der Waals surface area contributed by atoms with E-state index >= 15 is 0 Å². The van der Waals surface area contributed by atoms with Crippen molar-refractivity contribution < 1.29 is 9.53 Å². The number of ether oxygens (including phenoxy) is 1. The van der Waals surface area contributed by atoms with Crippen molar-refractivity contribution in [2.45, 2.75) is 26.5 Å². The molecule has 0 aliphatic carbocycles. The number of benzene rings is 3. The third kappa shape index (κ3) is 4.76. The molecule has 0 fully saturated rings. The highest BCUT2D eigenvalue weighted by molar-refractivity contribution is 6.30. The number of halogens is 1. The van der Waals surface area contributed by atoms with Crippen LogP contribution in [0.25, 0.3) is 0 Å².